The third-order valence-electron chi connectivity index (χ3n) is 4.03. The largest absolute Gasteiger partial charge is 0.573 e. The molecule has 0 aromatic heterocycles. The van der Waals surface area contributed by atoms with E-state index >= 15 is 0 Å². The zero-order valence-corrected chi connectivity index (χ0v) is 15.3. The van der Waals surface area contributed by atoms with Crippen LogP contribution in [0.5, 0.6) is 11.5 Å². The smallest absolute Gasteiger partial charge is 0.407 e. The van der Waals surface area contributed by atoms with Crippen LogP contribution in [-0.2, 0) is 6.54 Å². The van der Waals surface area contributed by atoms with Gasteiger partial charge in [0.2, 0.25) is 0 Å². The summed E-state index contributed by atoms with van der Waals surface area (Å²) in [6.07, 6.45) is -3.53. The monoisotopic (exact) mass is 395 g/mol. The van der Waals surface area contributed by atoms with Gasteiger partial charge < -0.3 is 25.4 Å². The second-order valence-corrected chi connectivity index (χ2v) is 5.88. The predicted octanol–water partition coefficient (Wildman–Crippen LogP) is 3.40. The minimum atomic E-state index is -4.77. The van der Waals surface area contributed by atoms with Gasteiger partial charge in [0.05, 0.1) is 6.61 Å². The van der Waals surface area contributed by atoms with Crippen LogP contribution < -0.4 is 15.2 Å². The molecule has 0 saturated carbocycles. The molecule has 150 valence electrons. The van der Waals surface area contributed by atoms with E-state index in [0.29, 0.717) is 27.8 Å². The van der Waals surface area contributed by atoms with Crippen molar-refractivity contribution in [3.63, 3.8) is 0 Å². The zero-order valence-electron chi connectivity index (χ0n) is 15.3. The maximum Gasteiger partial charge on any atom is 0.573 e. The number of aliphatic hydroxyl groups excluding tert-OH is 2. The van der Waals surface area contributed by atoms with Crippen LogP contribution in [0.2, 0.25) is 0 Å². The van der Waals surface area contributed by atoms with Gasteiger partial charge in [0.1, 0.15) is 23.7 Å². The second-order valence-electron chi connectivity index (χ2n) is 5.88. The molecule has 0 aliphatic rings. The number of alkyl halides is 3. The Morgan fingerprint density at radius 1 is 1.21 bits per heavy atom. The molecule has 0 amide bonds. The van der Waals surface area contributed by atoms with Crippen LogP contribution in [0.25, 0.3) is 11.1 Å². The van der Waals surface area contributed by atoms with E-state index in [9.17, 15) is 23.4 Å². The van der Waals surface area contributed by atoms with Gasteiger partial charge in [0, 0.05) is 24.6 Å². The van der Waals surface area contributed by atoms with Crippen LogP contribution in [0.4, 0.5) is 13.2 Å². The predicted molar refractivity (Wildman–Crippen MR) is 97.3 cm³/mol. The quantitative estimate of drug-likeness (QED) is 0.653. The molecule has 1 unspecified atom stereocenters. The van der Waals surface area contributed by atoms with E-state index in [4.69, 9.17) is 10.5 Å². The van der Waals surface area contributed by atoms with E-state index < -0.39 is 19.1 Å². The molecule has 8 heteroatoms. The van der Waals surface area contributed by atoms with Crippen molar-refractivity contribution >= 4 is 0 Å². The van der Waals surface area contributed by atoms with Crippen LogP contribution in [0.1, 0.15) is 29.7 Å². The van der Waals surface area contributed by atoms with Crippen LogP contribution in [-0.4, -0.2) is 23.2 Å². The fourth-order valence-corrected chi connectivity index (χ4v) is 2.83. The molecule has 0 bridgehead atoms. The number of benzene rings is 2. The average molecular weight is 395 g/mol. The summed E-state index contributed by atoms with van der Waals surface area (Å²) in [4.78, 5) is 0. The normalized spacial score (nSPS) is 12.1. The van der Waals surface area contributed by atoms with E-state index in [0.717, 1.165) is 0 Å². The molecule has 0 saturated heterocycles. The van der Waals surface area contributed by atoms with Crippen molar-refractivity contribution < 1.29 is 32.9 Å². The lowest BCUT2D eigenvalue weighted by atomic mass is 9.91. The van der Waals surface area contributed by atoms with Crippen molar-refractivity contribution in [2.45, 2.75) is 32.9 Å². The van der Waals surface area contributed by atoms with Gasteiger partial charge in [-0.05, 0) is 41.8 Å². The zero-order chi connectivity index (χ0) is 20.9. The highest BCUT2D eigenvalue weighted by atomic mass is 19.4. The van der Waals surface area contributed by atoms with E-state index in [1.165, 1.54) is 24.3 Å². The van der Waals surface area contributed by atoms with E-state index in [1.54, 1.807) is 19.9 Å². The molecule has 5 nitrogen and oxygen atoms in total. The fraction of sp³-hybridized carbons (Fsp3) is 0.300. The molecule has 4 N–H and O–H groups in total. The number of hydrogen-bond donors (Lipinski definition) is 3. The molecule has 0 aliphatic carbocycles. The molecule has 0 fully saturated rings. The van der Waals surface area contributed by atoms with Crippen molar-refractivity contribution in [2.75, 3.05) is 6.61 Å². The van der Waals surface area contributed by atoms with Gasteiger partial charge in [0.25, 0.3) is 0 Å². The fourth-order valence-electron chi connectivity index (χ4n) is 2.83. The van der Waals surface area contributed by atoms with Gasteiger partial charge in [-0.15, -0.1) is 13.2 Å². The highest BCUT2D eigenvalue weighted by Crippen LogP contribution is 2.39. The van der Waals surface area contributed by atoms with Gasteiger partial charge in [-0.25, -0.2) is 0 Å². The highest BCUT2D eigenvalue weighted by molar-refractivity contribution is 5.73. The van der Waals surface area contributed by atoms with Gasteiger partial charge in [-0.2, -0.15) is 0 Å². The molecule has 2 rings (SSSR count). The van der Waals surface area contributed by atoms with Gasteiger partial charge in [-0.1, -0.05) is 18.1 Å². The first-order valence-corrected chi connectivity index (χ1v) is 8.32. The number of halogens is 3. The van der Waals surface area contributed by atoms with Crippen molar-refractivity contribution in [1.82, 2.24) is 0 Å². The van der Waals surface area contributed by atoms with Crippen LogP contribution >= 0.6 is 0 Å². The van der Waals surface area contributed by atoms with Crippen LogP contribution in [0, 0.1) is 19.0 Å². The van der Waals surface area contributed by atoms with Gasteiger partial charge >= 0.3 is 6.36 Å². The first kappa shape index (κ1) is 21.6. The third kappa shape index (κ3) is 4.95. The number of aliphatic hydroxyl groups is 2. The first-order valence-electron chi connectivity index (χ1n) is 8.32. The molecular weight excluding hydrogens is 375 g/mol. The van der Waals surface area contributed by atoms with Crippen molar-refractivity contribution in [1.29, 1.82) is 0 Å². The molecule has 1 atom stereocenters. The lowest BCUT2D eigenvalue weighted by Crippen LogP contribution is -2.17. The summed E-state index contributed by atoms with van der Waals surface area (Å²) in [6.45, 7) is 2.80. The van der Waals surface area contributed by atoms with Crippen molar-refractivity contribution in [3.8, 4) is 34.7 Å². The Kier molecular flexibility index (Phi) is 6.91. The molecule has 28 heavy (non-hydrogen) atoms. The summed E-state index contributed by atoms with van der Waals surface area (Å²) in [5.41, 5.74) is 8.47. The summed E-state index contributed by atoms with van der Waals surface area (Å²) < 4.78 is 46.4. The maximum absolute atomic E-state index is 12.3. The van der Waals surface area contributed by atoms with Gasteiger partial charge in [0.15, 0.2) is 0 Å². The summed E-state index contributed by atoms with van der Waals surface area (Å²) >= 11 is 0. The Morgan fingerprint density at radius 2 is 1.86 bits per heavy atom. The number of nitrogens with two attached hydrogens (primary N) is 1. The Balaban J connectivity index is 2.59. The Morgan fingerprint density at radius 3 is 2.36 bits per heavy atom. The molecule has 0 radical (unpaired) electrons. The molecule has 0 aliphatic heterocycles. The molecule has 0 spiro atoms. The van der Waals surface area contributed by atoms with Crippen LogP contribution in [0.3, 0.4) is 0 Å². The Labute approximate surface area is 160 Å². The minimum absolute atomic E-state index is 0.0465. The van der Waals surface area contributed by atoms with E-state index in [1.807, 2.05) is 0 Å². The average Bonchev–Trinajstić information content (AvgIpc) is 2.65. The van der Waals surface area contributed by atoms with Crippen molar-refractivity contribution in [3.05, 3.63) is 47.0 Å². The molecular formula is C20H20F3NO4. The Hall–Kier alpha value is -2.73. The van der Waals surface area contributed by atoms with Crippen molar-refractivity contribution in [2.24, 2.45) is 5.73 Å². The summed E-state index contributed by atoms with van der Waals surface area (Å²) in [6, 6.07) is 7.05. The summed E-state index contributed by atoms with van der Waals surface area (Å²) in [7, 11) is 0. The lowest BCUT2D eigenvalue weighted by molar-refractivity contribution is -0.274. The first-order chi connectivity index (χ1) is 13.2. The topological polar surface area (TPSA) is 84.9 Å². The highest BCUT2D eigenvalue weighted by Gasteiger charge is 2.31. The Bertz CT molecular complexity index is 884. The molecule has 2 aromatic rings. The van der Waals surface area contributed by atoms with E-state index in [2.05, 4.69) is 16.8 Å². The number of ether oxygens (including phenoxy) is 2. The maximum atomic E-state index is 12.3. The standard InChI is InChI=1S/C20H20F3NO4/c1-3-8-27-19-12(2)16(9-14(10-24)18(19)17(26)11-25)13-4-6-15(7-5-13)28-20(21,22)23/h4-7,9,17,25-26H,10-11,24H2,1-2H3. The third-order valence-corrected chi connectivity index (χ3v) is 4.03. The second kappa shape index (κ2) is 8.97. The molecule has 0 heterocycles. The number of hydrogen-bond acceptors (Lipinski definition) is 5. The van der Waals surface area contributed by atoms with Crippen LogP contribution in [0.15, 0.2) is 30.3 Å². The van der Waals surface area contributed by atoms with Gasteiger partial charge in [-0.3, -0.25) is 0 Å². The number of rotatable bonds is 6. The summed E-state index contributed by atoms with van der Waals surface area (Å²) in [5.74, 6) is 2.50. The van der Waals surface area contributed by atoms with E-state index in [-0.39, 0.29) is 18.0 Å². The minimum Gasteiger partial charge on any atom is -0.407 e. The summed E-state index contributed by atoms with van der Waals surface area (Å²) in [5, 5.41) is 19.6. The lowest BCUT2D eigenvalue weighted by Gasteiger charge is -2.21. The SMILES string of the molecule is CC#COc1c(C)c(-c2ccc(OC(F)(F)F)cc2)cc(CN)c1C(O)CO. The molecule has 2 aromatic carbocycles.